The standard InChI is InChI=1S/C21H26N2O3/c1-4-13-22-20(24)16-9-11-18(12-10-16)23-21(25)17-7-6-8-19(14-17)26-15(3)5-2/h6-12,14-15H,4-5,13H2,1-3H3,(H,22,24)(H,23,25). The lowest BCUT2D eigenvalue weighted by molar-refractivity contribution is 0.0953. The molecule has 0 aliphatic rings. The Morgan fingerprint density at radius 2 is 1.73 bits per heavy atom. The van der Waals surface area contributed by atoms with Gasteiger partial charge in [-0.25, -0.2) is 0 Å². The zero-order valence-corrected chi connectivity index (χ0v) is 15.5. The predicted molar refractivity (Wildman–Crippen MR) is 104 cm³/mol. The highest BCUT2D eigenvalue weighted by atomic mass is 16.5. The highest BCUT2D eigenvalue weighted by Gasteiger charge is 2.10. The van der Waals surface area contributed by atoms with E-state index in [1.165, 1.54) is 0 Å². The molecule has 0 fully saturated rings. The number of ether oxygens (including phenoxy) is 1. The van der Waals surface area contributed by atoms with E-state index in [4.69, 9.17) is 4.74 Å². The average Bonchev–Trinajstić information content (AvgIpc) is 2.66. The lowest BCUT2D eigenvalue weighted by atomic mass is 10.1. The summed E-state index contributed by atoms with van der Waals surface area (Å²) in [5.41, 5.74) is 1.73. The van der Waals surface area contributed by atoms with E-state index < -0.39 is 0 Å². The van der Waals surface area contributed by atoms with Crippen molar-refractivity contribution >= 4 is 17.5 Å². The number of rotatable bonds is 8. The van der Waals surface area contributed by atoms with Gasteiger partial charge in [0.1, 0.15) is 5.75 Å². The minimum absolute atomic E-state index is 0.0970. The summed E-state index contributed by atoms with van der Waals surface area (Å²) in [7, 11) is 0. The van der Waals surface area contributed by atoms with Crippen LogP contribution in [0.1, 0.15) is 54.3 Å². The topological polar surface area (TPSA) is 67.4 Å². The molecule has 0 radical (unpaired) electrons. The van der Waals surface area contributed by atoms with Crippen molar-refractivity contribution in [3.63, 3.8) is 0 Å². The fourth-order valence-electron chi connectivity index (χ4n) is 2.28. The van der Waals surface area contributed by atoms with Crippen LogP contribution in [0.2, 0.25) is 0 Å². The number of hydrogen-bond acceptors (Lipinski definition) is 3. The van der Waals surface area contributed by atoms with Gasteiger partial charge in [-0.15, -0.1) is 0 Å². The van der Waals surface area contributed by atoms with Crippen molar-refractivity contribution in [3.8, 4) is 5.75 Å². The maximum Gasteiger partial charge on any atom is 0.255 e. The quantitative estimate of drug-likeness (QED) is 0.744. The van der Waals surface area contributed by atoms with E-state index in [2.05, 4.69) is 10.6 Å². The second kappa shape index (κ2) is 9.61. The van der Waals surface area contributed by atoms with E-state index in [9.17, 15) is 9.59 Å². The Labute approximate surface area is 154 Å². The molecule has 26 heavy (non-hydrogen) atoms. The molecular formula is C21H26N2O3. The molecule has 0 spiro atoms. The third kappa shape index (κ3) is 5.62. The Bertz CT molecular complexity index is 741. The Kier molecular flexibility index (Phi) is 7.21. The molecule has 0 aliphatic carbocycles. The first-order valence-electron chi connectivity index (χ1n) is 8.99. The van der Waals surface area contributed by atoms with Gasteiger partial charge in [0.05, 0.1) is 6.10 Å². The molecular weight excluding hydrogens is 328 g/mol. The lowest BCUT2D eigenvalue weighted by Crippen LogP contribution is -2.23. The number of hydrogen-bond donors (Lipinski definition) is 2. The van der Waals surface area contributed by atoms with Gasteiger partial charge in [0, 0.05) is 23.4 Å². The zero-order valence-electron chi connectivity index (χ0n) is 15.5. The lowest BCUT2D eigenvalue weighted by Gasteiger charge is -2.13. The molecule has 2 rings (SSSR count). The maximum absolute atomic E-state index is 12.4. The van der Waals surface area contributed by atoms with E-state index in [-0.39, 0.29) is 17.9 Å². The molecule has 1 atom stereocenters. The number of amides is 2. The summed E-state index contributed by atoms with van der Waals surface area (Å²) < 4.78 is 5.75. The summed E-state index contributed by atoms with van der Waals surface area (Å²) in [6.45, 7) is 6.69. The Morgan fingerprint density at radius 1 is 1.00 bits per heavy atom. The van der Waals surface area contributed by atoms with Crippen LogP contribution in [0.3, 0.4) is 0 Å². The van der Waals surface area contributed by atoms with Crippen LogP contribution in [0.15, 0.2) is 48.5 Å². The van der Waals surface area contributed by atoms with Crippen LogP contribution in [0.4, 0.5) is 5.69 Å². The van der Waals surface area contributed by atoms with Crippen molar-refractivity contribution in [2.75, 3.05) is 11.9 Å². The predicted octanol–water partition coefficient (Wildman–Crippen LogP) is 4.26. The maximum atomic E-state index is 12.4. The molecule has 0 saturated carbocycles. The Morgan fingerprint density at radius 3 is 2.38 bits per heavy atom. The first-order valence-corrected chi connectivity index (χ1v) is 8.99. The smallest absolute Gasteiger partial charge is 0.255 e. The summed E-state index contributed by atoms with van der Waals surface area (Å²) in [5.74, 6) is 0.345. The van der Waals surface area contributed by atoms with Gasteiger partial charge < -0.3 is 15.4 Å². The molecule has 5 nitrogen and oxygen atoms in total. The first kappa shape index (κ1) is 19.5. The van der Waals surface area contributed by atoms with Crippen LogP contribution in [0.5, 0.6) is 5.75 Å². The van der Waals surface area contributed by atoms with Crippen molar-refractivity contribution in [2.45, 2.75) is 39.7 Å². The fraction of sp³-hybridized carbons (Fsp3) is 0.333. The largest absolute Gasteiger partial charge is 0.491 e. The molecule has 2 aromatic carbocycles. The molecule has 2 amide bonds. The SMILES string of the molecule is CCCNC(=O)c1ccc(NC(=O)c2cccc(OC(C)CC)c2)cc1. The van der Waals surface area contributed by atoms with Crippen molar-refractivity contribution < 1.29 is 14.3 Å². The Hall–Kier alpha value is -2.82. The Balaban J connectivity index is 2.01. The van der Waals surface area contributed by atoms with Gasteiger partial charge in [-0.1, -0.05) is 19.9 Å². The number of nitrogens with one attached hydrogen (secondary N) is 2. The normalized spacial score (nSPS) is 11.5. The molecule has 2 aromatic rings. The summed E-state index contributed by atoms with van der Waals surface area (Å²) in [4.78, 5) is 24.3. The van der Waals surface area contributed by atoms with Crippen LogP contribution in [0, 0.1) is 0 Å². The second-order valence-electron chi connectivity index (χ2n) is 6.15. The number of carbonyl (C=O) groups is 2. The van der Waals surface area contributed by atoms with Crippen LogP contribution in [-0.4, -0.2) is 24.5 Å². The van der Waals surface area contributed by atoms with E-state index in [0.717, 1.165) is 12.8 Å². The fourth-order valence-corrected chi connectivity index (χ4v) is 2.28. The molecule has 0 bridgehead atoms. The van der Waals surface area contributed by atoms with E-state index in [1.54, 1.807) is 42.5 Å². The first-order chi connectivity index (χ1) is 12.5. The van der Waals surface area contributed by atoms with Gasteiger partial charge in [-0.2, -0.15) is 0 Å². The third-order valence-corrected chi connectivity index (χ3v) is 3.95. The van der Waals surface area contributed by atoms with Gasteiger partial charge in [-0.3, -0.25) is 9.59 Å². The van der Waals surface area contributed by atoms with E-state index in [1.807, 2.05) is 26.8 Å². The van der Waals surface area contributed by atoms with Gasteiger partial charge in [0.2, 0.25) is 0 Å². The van der Waals surface area contributed by atoms with Crippen molar-refractivity contribution in [1.29, 1.82) is 0 Å². The molecule has 0 saturated heterocycles. The summed E-state index contributed by atoms with van der Waals surface area (Å²) >= 11 is 0. The van der Waals surface area contributed by atoms with Crippen LogP contribution < -0.4 is 15.4 Å². The van der Waals surface area contributed by atoms with Crippen molar-refractivity contribution in [2.24, 2.45) is 0 Å². The summed E-state index contributed by atoms with van der Waals surface area (Å²) in [6, 6.07) is 13.9. The van der Waals surface area contributed by atoms with E-state index >= 15 is 0 Å². The highest BCUT2D eigenvalue weighted by molar-refractivity contribution is 6.04. The molecule has 0 aromatic heterocycles. The monoisotopic (exact) mass is 354 g/mol. The van der Waals surface area contributed by atoms with E-state index in [0.29, 0.717) is 29.1 Å². The van der Waals surface area contributed by atoms with Gasteiger partial charge >= 0.3 is 0 Å². The molecule has 1 unspecified atom stereocenters. The molecule has 2 N–H and O–H groups in total. The minimum atomic E-state index is -0.220. The van der Waals surface area contributed by atoms with Crippen LogP contribution in [0.25, 0.3) is 0 Å². The highest BCUT2D eigenvalue weighted by Crippen LogP contribution is 2.17. The van der Waals surface area contributed by atoms with Crippen molar-refractivity contribution in [3.05, 3.63) is 59.7 Å². The van der Waals surface area contributed by atoms with Gasteiger partial charge in [-0.05, 0) is 62.2 Å². The number of benzene rings is 2. The number of carbonyl (C=O) groups excluding carboxylic acids is 2. The molecule has 0 heterocycles. The molecule has 138 valence electrons. The average molecular weight is 354 g/mol. The molecule has 0 aliphatic heterocycles. The van der Waals surface area contributed by atoms with Crippen molar-refractivity contribution in [1.82, 2.24) is 5.32 Å². The van der Waals surface area contributed by atoms with Gasteiger partial charge in [0.25, 0.3) is 11.8 Å². The molecule has 5 heteroatoms. The van der Waals surface area contributed by atoms with Crippen LogP contribution in [-0.2, 0) is 0 Å². The zero-order chi connectivity index (χ0) is 18.9. The number of anilines is 1. The van der Waals surface area contributed by atoms with Crippen LogP contribution >= 0.6 is 0 Å². The second-order valence-corrected chi connectivity index (χ2v) is 6.15. The van der Waals surface area contributed by atoms with Gasteiger partial charge in [0.15, 0.2) is 0 Å². The third-order valence-electron chi connectivity index (χ3n) is 3.95. The summed E-state index contributed by atoms with van der Waals surface area (Å²) in [6.07, 6.45) is 1.88. The summed E-state index contributed by atoms with van der Waals surface area (Å²) in [5, 5.41) is 5.66. The minimum Gasteiger partial charge on any atom is -0.491 e.